The number of rotatable bonds is 11. The molecule has 0 bridgehead atoms. The van der Waals surface area contributed by atoms with Crippen molar-refractivity contribution in [3.63, 3.8) is 0 Å². The molecule has 0 atom stereocenters. The molecule has 0 unspecified atom stereocenters. The number of H-pyrrole nitrogens is 1. The number of fused-ring (bicyclic) bond motifs is 2. The molecule has 0 saturated heterocycles. The molecule has 2 aromatic carbocycles. The van der Waals surface area contributed by atoms with Gasteiger partial charge in [-0.05, 0) is 37.7 Å². The van der Waals surface area contributed by atoms with Gasteiger partial charge in [-0.2, -0.15) is 0 Å². The molecule has 2 heterocycles. The van der Waals surface area contributed by atoms with E-state index in [1.807, 2.05) is 19.9 Å². The minimum Gasteiger partial charge on any atom is -0.497 e. The van der Waals surface area contributed by atoms with E-state index in [0.29, 0.717) is 59.1 Å². The maximum Gasteiger partial charge on any atom is 0.260 e. The molecule has 0 amide bonds. The largest absolute Gasteiger partial charge is 0.497 e. The lowest BCUT2D eigenvalue weighted by atomic mass is 10.1. The van der Waals surface area contributed by atoms with E-state index in [1.165, 1.54) is 0 Å². The van der Waals surface area contributed by atoms with Gasteiger partial charge in [0, 0.05) is 24.5 Å². The summed E-state index contributed by atoms with van der Waals surface area (Å²) in [6.45, 7) is 6.53. The number of aromatic nitrogens is 4. The van der Waals surface area contributed by atoms with Gasteiger partial charge >= 0.3 is 0 Å². The van der Waals surface area contributed by atoms with Crippen molar-refractivity contribution in [1.82, 2.24) is 24.8 Å². The first-order chi connectivity index (χ1) is 17.4. The van der Waals surface area contributed by atoms with Crippen LogP contribution in [0, 0.1) is 6.92 Å². The third kappa shape index (κ3) is 5.47. The van der Waals surface area contributed by atoms with Crippen LogP contribution >= 0.6 is 0 Å². The van der Waals surface area contributed by atoms with E-state index < -0.39 is 0 Å². The molecule has 0 aliphatic rings. The summed E-state index contributed by atoms with van der Waals surface area (Å²) in [6.07, 6.45) is 0. The summed E-state index contributed by atoms with van der Waals surface area (Å²) in [5, 5.41) is 13.3. The average Bonchev–Trinajstić information content (AvgIpc) is 2.88. The summed E-state index contributed by atoms with van der Waals surface area (Å²) in [7, 11) is 3.15. The van der Waals surface area contributed by atoms with Crippen LogP contribution < -0.4 is 25.1 Å². The first kappa shape index (κ1) is 25.1. The molecule has 0 radical (unpaired) electrons. The van der Waals surface area contributed by atoms with Gasteiger partial charge in [-0.25, -0.2) is 15.0 Å². The van der Waals surface area contributed by atoms with Gasteiger partial charge in [-0.1, -0.05) is 6.92 Å². The second-order valence-corrected chi connectivity index (χ2v) is 8.08. The number of hydrogen-bond acceptors (Lipinski definition) is 10. The van der Waals surface area contributed by atoms with Crippen molar-refractivity contribution in [2.24, 2.45) is 0 Å². The normalized spacial score (nSPS) is 11.3. The van der Waals surface area contributed by atoms with E-state index in [4.69, 9.17) is 19.3 Å². The van der Waals surface area contributed by atoms with E-state index in [1.54, 1.807) is 38.5 Å². The fourth-order valence-corrected chi connectivity index (χ4v) is 3.89. The minimum atomic E-state index is -0.316. The first-order valence-electron chi connectivity index (χ1n) is 11.6. The lowest BCUT2D eigenvalue weighted by molar-refractivity contribution is 0.174. The molecule has 0 fully saturated rings. The van der Waals surface area contributed by atoms with Crippen LogP contribution in [0.1, 0.15) is 12.6 Å². The number of nitrogens with one attached hydrogen (secondary N) is 2. The van der Waals surface area contributed by atoms with E-state index in [2.05, 4.69) is 30.2 Å². The number of aryl methyl sites for hydroxylation is 1. The van der Waals surface area contributed by atoms with Crippen molar-refractivity contribution < 1.29 is 19.3 Å². The molecule has 11 nitrogen and oxygen atoms in total. The summed E-state index contributed by atoms with van der Waals surface area (Å²) in [6, 6.07) is 8.77. The second kappa shape index (κ2) is 11.2. The van der Waals surface area contributed by atoms with Gasteiger partial charge in [0.1, 0.15) is 29.4 Å². The number of likely N-dealkylation sites (N-methyl/N-ethyl adjacent to an activating group) is 1. The Bertz CT molecular complexity index is 1420. The van der Waals surface area contributed by atoms with Gasteiger partial charge < -0.3 is 19.3 Å². The number of aliphatic hydroxyl groups is 1. The highest BCUT2D eigenvalue weighted by Gasteiger charge is 2.14. The van der Waals surface area contributed by atoms with Crippen LogP contribution in [0.15, 0.2) is 35.1 Å². The molecule has 4 aromatic rings. The summed E-state index contributed by atoms with van der Waals surface area (Å²) in [5.74, 6) is 2.25. The number of anilines is 2. The van der Waals surface area contributed by atoms with Crippen LogP contribution in [-0.4, -0.2) is 77.0 Å². The Morgan fingerprint density at radius 2 is 1.83 bits per heavy atom. The fraction of sp³-hybridized carbons (Fsp3) is 0.360. The van der Waals surface area contributed by atoms with Crippen molar-refractivity contribution in [3.8, 4) is 17.2 Å². The van der Waals surface area contributed by atoms with Crippen LogP contribution in [0.25, 0.3) is 21.8 Å². The highest BCUT2D eigenvalue weighted by Crippen LogP contribution is 2.32. The highest BCUT2D eigenvalue weighted by molar-refractivity contribution is 5.89. The molecular weight excluding hydrogens is 464 g/mol. The number of aromatic amines is 1. The Labute approximate surface area is 208 Å². The maximum atomic E-state index is 12.8. The minimum absolute atomic E-state index is 0.104. The molecule has 0 aliphatic heterocycles. The summed E-state index contributed by atoms with van der Waals surface area (Å²) < 4.78 is 16.6. The van der Waals surface area contributed by atoms with Crippen molar-refractivity contribution in [2.75, 3.05) is 52.4 Å². The van der Waals surface area contributed by atoms with E-state index in [9.17, 15) is 4.79 Å². The number of benzene rings is 2. The number of ether oxygens (including phenoxy) is 3. The van der Waals surface area contributed by atoms with Gasteiger partial charge in [-0.15, -0.1) is 0 Å². The van der Waals surface area contributed by atoms with E-state index in [0.717, 1.165) is 11.9 Å². The van der Waals surface area contributed by atoms with Crippen LogP contribution in [0.4, 0.5) is 11.9 Å². The molecule has 0 spiro atoms. The smallest absolute Gasteiger partial charge is 0.260 e. The van der Waals surface area contributed by atoms with E-state index >= 15 is 0 Å². The molecule has 0 saturated carbocycles. The second-order valence-electron chi connectivity index (χ2n) is 8.08. The topological polar surface area (TPSA) is 135 Å². The molecule has 36 heavy (non-hydrogen) atoms. The first-order valence-corrected chi connectivity index (χ1v) is 11.6. The summed E-state index contributed by atoms with van der Waals surface area (Å²) >= 11 is 0. The standard InChI is InChI=1S/C25H30N6O5/c1-5-31(8-10-32)9-11-36-16-6-7-20-19(12-16)23(33)29-25(27-20)30-24-26-15(2)18-13-17(34-3)14-21(35-4)22(18)28-24/h6-7,12-14,32H,5,8-11H2,1-4H3,(H2,26,27,28,29,30,33). The fourth-order valence-electron chi connectivity index (χ4n) is 3.89. The van der Waals surface area contributed by atoms with Crippen LogP contribution in [-0.2, 0) is 0 Å². The maximum absolute atomic E-state index is 12.8. The summed E-state index contributed by atoms with van der Waals surface area (Å²) in [4.78, 5) is 31.2. The van der Waals surface area contributed by atoms with Crippen LogP contribution in [0.2, 0.25) is 0 Å². The number of hydrogen-bond donors (Lipinski definition) is 3. The molecule has 2 aromatic heterocycles. The average molecular weight is 495 g/mol. The third-order valence-electron chi connectivity index (χ3n) is 5.83. The monoisotopic (exact) mass is 494 g/mol. The van der Waals surface area contributed by atoms with E-state index in [-0.39, 0.29) is 24.1 Å². The van der Waals surface area contributed by atoms with Crippen molar-refractivity contribution in [3.05, 3.63) is 46.4 Å². The van der Waals surface area contributed by atoms with Gasteiger partial charge in [-0.3, -0.25) is 20.0 Å². The Balaban J connectivity index is 1.56. The Kier molecular flexibility index (Phi) is 7.81. The summed E-state index contributed by atoms with van der Waals surface area (Å²) in [5.41, 5.74) is 1.51. The quantitative estimate of drug-likeness (QED) is 0.286. The number of methoxy groups -OCH3 is 2. The van der Waals surface area contributed by atoms with Gasteiger partial charge in [0.05, 0.1) is 37.4 Å². The molecular formula is C25H30N6O5. The zero-order valence-corrected chi connectivity index (χ0v) is 20.8. The lowest BCUT2D eigenvalue weighted by Gasteiger charge is -2.19. The predicted molar refractivity (Wildman–Crippen MR) is 138 cm³/mol. The van der Waals surface area contributed by atoms with Gasteiger partial charge in [0.2, 0.25) is 11.9 Å². The zero-order valence-electron chi connectivity index (χ0n) is 20.8. The van der Waals surface area contributed by atoms with Gasteiger partial charge in [0.25, 0.3) is 5.56 Å². The van der Waals surface area contributed by atoms with Crippen LogP contribution in [0.5, 0.6) is 17.2 Å². The van der Waals surface area contributed by atoms with Crippen molar-refractivity contribution >= 4 is 33.7 Å². The molecule has 3 N–H and O–H groups in total. The lowest BCUT2D eigenvalue weighted by Crippen LogP contribution is -2.30. The zero-order chi connectivity index (χ0) is 25.7. The van der Waals surface area contributed by atoms with Gasteiger partial charge in [0.15, 0.2) is 0 Å². The molecule has 4 rings (SSSR count). The number of aliphatic hydroxyl groups excluding tert-OH is 1. The predicted octanol–water partition coefficient (Wildman–Crippen LogP) is 2.63. The Morgan fingerprint density at radius 1 is 1.03 bits per heavy atom. The Hall–Kier alpha value is -3.96. The third-order valence-corrected chi connectivity index (χ3v) is 5.83. The van der Waals surface area contributed by atoms with Crippen molar-refractivity contribution in [1.29, 1.82) is 0 Å². The van der Waals surface area contributed by atoms with Crippen LogP contribution in [0.3, 0.4) is 0 Å². The molecule has 190 valence electrons. The SMILES string of the molecule is CCN(CCO)CCOc1ccc2nc(Nc3nc(C)c4cc(OC)cc(OC)c4n3)[nH]c(=O)c2c1. The number of nitrogens with zero attached hydrogens (tertiary/aromatic N) is 4. The molecule has 11 heteroatoms. The van der Waals surface area contributed by atoms with Crippen molar-refractivity contribution in [2.45, 2.75) is 13.8 Å². The molecule has 0 aliphatic carbocycles. The Morgan fingerprint density at radius 3 is 2.56 bits per heavy atom. The highest BCUT2D eigenvalue weighted by atomic mass is 16.5.